The summed E-state index contributed by atoms with van der Waals surface area (Å²) in [5.74, 6) is 0. The molecule has 2 heteroatoms. The van der Waals surface area contributed by atoms with E-state index >= 15 is 0 Å². The van der Waals surface area contributed by atoms with Crippen LogP contribution < -0.4 is 0 Å². The van der Waals surface area contributed by atoms with Crippen LogP contribution in [-0.4, -0.2) is 4.98 Å². The summed E-state index contributed by atoms with van der Waals surface area (Å²) < 4.78 is 0. The molecule has 0 fully saturated rings. The first kappa shape index (κ1) is 20.1. The minimum atomic E-state index is -0.406. The van der Waals surface area contributed by atoms with Crippen molar-refractivity contribution in [1.82, 2.24) is 4.98 Å². The lowest BCUT2D eigenvalue weighted by atomic mass is 9.66. The largest absolute Gasteiger partial charge is 0.247 e. The second kappa shape index (κ2) is 7.43. The van der Waals surface area contributed by atoms with Gasteiger partial charge in [-0.1, -0.05) is 121 Å². The second-order valence-electron chi connectivity index (χ2n) is 9.48. The van der Waals surface area contributed by atoms with E-state index < -0.39 is 5.41 Å². The number of rotatable bonds is 1. The third-order valence-electron chi connectivity index (χ3n) is 7.72. The molecule has 1 aliphatic heterocycles. The van der Waals surface area contributed by atoms with Gasteiger partial charge in [0.05, 0.1) is 16.6 Å². The third-order valence-corrected chi connectivity index (χ3v) is 8.87. The molecule has 168 valence electrons. The molecular weight excluding hydrogens is 454 g/mol. The zero-order valence-corrected chi connectivity index (χ0v) is 20.3. The number of aromatic nitrogens is 1. The molecule has 1 nitrogen and oxygen atoms in total. The number of fused-ring (bicyclic) bond motifs is 11. The van der Waals surface area contributed by atoms with E-state index in [1.165, 1.54) is 48.6 Å². The van der Waals surface area contributed by atoms with Crippen molar-refractivity contribution in [3.63, 3.8) is 0 Å². The van der Waals surface area contributed by atoms with E-state index in [0.29, 0.717) is 0 Å². The molecule has 0 saturated carbocycles. The van der Waals surface area contributed by atoms with Gasteiger partial charge in [0.15, 0.2) is 0 Å². The molecule has 0 atom stereocenters. The van der Waals surface area contributed by atoms with Crippen molar-refractivity contribution in [3.8, 4) is 22.4 Å². The van der Waals surface area contributed by atoms with Crippen LogP contribution in [0, 0.1) is 0 Å². The molecule has 1 aliphatic carbocycles. The minimum absolute atomic E-state index is 0.406. The fourth-order valence-electron chi connectivity index (χ4n) is 6.39. The lowest BCUT2D eigenvalue weighted by Gasteiger charge is -2.40. The van der Waals surface area contributed by atoms with Crippen molar-refractivity contribution in [2.75, 3.05) is 0 Å². The quantitative estimate of drug-likeness (QED) is 0.235. The van der Waals surface area contributed by atoms with E-state index in [9.17, 15) is 0 Å². The van der Waals surface area contributed by atoms with Gasteiger partial charge in [-0.25, -0.2) is 4.98 Å². The monoisotopic (exact) mass is 475 g/mol. The normalized spacial score (nSPS) is 14.2. The third kappa shape index (κ3) is 2.49. The smallest absolute Gasteiger partial charge is 0.0791 e. The van der Waals surface area contributed by atoms with E-state index in [1.54, 1.807) is 0 Å². The lowest BCUT2D eigenvalue weighted by molar-refractivity contribution is 0.728. The van der Waals surface area contributed by atoms with Crippen LogP contribution in [0.2, 0.25) is 0 Å². The number of hydrogen-bond acceptors (Lipinski definition) is 2. The van der Waals surface area contributed by atoms with Crippen LogP contribution in [0.3, 0.4) is 0 Å². The summed E-state index contributed by atoms with van der Waals surface area (Å²) in [6.07, 6.45) is 0. The van der Waals surface area contributed by atoms with E-state index in [-0.39, 0.29) is 0 Å². The van der Waals surface area contributed by atoms with Crippen LogP contribution in [-0.2, 0) is 5.41 Å². The first-order valence-electron chi connectivity index (χ1n) is 12.3. The summed E-state index contributed by atoms with van der Waals surface area (Å²) in [5, 5.41) is 1.22. The molecule has 0 amide bonds. The second-order valence-corrected chi connectivity index (χ2v) is 10.6. The number of para-hydroxylation sites is 1. The molecule has 0 unspecified atom stereocenters. The fraction of sp³-hybridized carbons (Fsp3) is 0.0294. The molecule has 6 aromatic rings. The molecule has 8 rings (SSSR count). The van der Waals surface area contributed by atoms with Gasteiger partial charge in [0.2, 0.25) is 0 Å². The topological polar surface area (TPSA) is 12.9 Å². The van der Waals surface area contributed by atoms with E-state index in [2.05, 4.69) is 127 Å². The van der Waals surface area contributed by atoms with Crippen LogP contribution in [0.25, 0.3) is 33.3 Å². The van der Waals surface area contributed by atoms with Crippen molar-refractivity contribution in [1.29, 1.82) is 0 Å². The van der Waals surface area contributed by atoms with Gasteiger partial charge in [0.1, 0.15) is 0 Å². The van der Waals surface area contributed by atoms with Crippen molar-refractivity contribution >= 4 is 22.7 Å². The predicted octanol–water partition coefficient (Wildman–Crippen LogP) is 8.73. The Kier molecular flexibility index (Phi) is 4.15. The summed E-state index contributed by atoms with van der Waals surface area (Å²) >= 11 is 1.88. The molecule has 5 aromatic carbocycles. The van der Waals surface area contributed by atoms with Gasteiger partial charge in [-0.3, -0.25) is 0 Å². The zero-order chi connectivity index (χ0) is 23.7. The van der Waals surface area contributed by atoms with Crippen molar-refractivity contribution < 1.29 is 0 Å². The molecule has 0 N–H and O–H groups in total. The molecule has 1 spiro atoms. The van der Waals surface area contributed by atoms with Crippen LogP contribution in [0.15, 0.2) is 137 Å². The molecule has 36 heavy (non-hydrogen) atoms. The first-order chi connectivity index (χ1) is 17.9. The Labute approximate surface area is 214 Å². The van der Waals surface area contributed by atoms with Gasteiger partial charge in [0.25, 0.3) is 0 Å². The van der Waals surface area contributed by atoms with Gasteiger partial charge < -0.3 is 0 Å². The average molecular weight is 476 g/mol. The molecule has 0 saturated heterocycles. The number of nitrogens with zero attached hydrogens (tertiary/aromatic N) is 1. The Morgan fingerprint density at radius 2 is 1.11 bits per heavy atom. The maximum Gasteiger partial charge on any atom is 0.0791 e. The summed E-state index contributed by atoms with van der Waals surface area (Å²) in [7, 11) is 0. The van der Waals surface area contributed by atoms with E-state index in [0.717, 1.165) is 16.8 Å². The van der Waals surface area contributed by atoms with Crippen molar-refractivity contribution in [2.45, 2.75) is 15.2 Å². The molecule has 2 aliphatic rings. The molecular formula is C34H21NS. The van der Waals surface area contributed by atoms with Crippen molar-refractivity contribution in [2.24, 2.45) is 0 Å². The Morgan fingerprint density at radius 1 is 0.528 bits per heavy atom. The standard InChI is InChI=1S/C34H21NS/c1-2-12-22(13-3-1)33-31-23-14-4-6-16-25(23)34(32(31)24-15-5-9-19-28(24)35-33)26-17-7-10-20-29(26)36-30-21-11-8-18-27(30)34/h1-21H. The highest BCUT2D eigenvalue weighted by molar-refractivity contribution is 7.99. The Balaban J connectivity index is 1.66. The van der Waals surface area contributed by atoms with Gasteiger partial charge >= 0.3 is 0 Å². The van der Waals surface area contributed by atoms with E-state index in [4.69, 9.17) is 4.98 Å². The Bertz CT molecular complexity index is 1770. The Morgan fingerprint density at radius 3 is 1.86 bits per heavy atom. The SMILES string of the molecule is c1ccc(-c2nc3ccccc3c3c2-c2ccccc2C32c3ccccc3Sc3ccccc32)cc1. The first-order valence-corrected chi connectivity index (χ1v) is 13.1. The summed E-state index contributed by atoms with van der Waals surface area (Å²) in [6.45, 7) is 0. The molecule has 0 bridgehead atoms. The zero-order valence-electron chi connectivity index (χ0n) is 19.5. The van der Waals surface area contributed by atoms with Gasteiger partial charge in [-0.2, -0.15) is 0 Å². The predicted molar refractivity (Wildman–Crippen MR) is 149 cm³/mol. The van der Waals surface area contributed by atoms with Crippen LogP contribution >= 0.6 is 11.8 Å². The molecule has 2 heterocycles. The summed E-state index contributed by atoms with van der Waals surface area (Å²) in [6, 6.07) is 46.3. The average Bonchev–Trinajstić information content (AvgIpc) is 3.25. The van der Waals surface area contributed by atoms with Crippen LogP contribution in [0.5, 0.6) is 0 Å². The van der Waals surface area contributed by atoms with Gasteiger partial charge in [0, 0.05) is 26.3 Å². The summed E-state index contributed by atoms with van der Waals surface area (Å²) in [5.41, 5.74) is 10.8. The van der Waals surface area contributed by atoms with Gasteiger partial charge in [-0.05, 0) is 46.0 Å². The maximum absolute atomic E-state index is 5.30. The minimum Gasteiger partial charge on any atom is -0.247 e. The Hall–Kier alpha value is -4.14. The molecule has 1 aromatic heterocycles. The van der Waals surface area contributed by atoms with Crippen LogP contribution in [0.1, 0.15) is 22.3 Å². The van der Waals surface area contributed by atoms with Crippen LogP contribution in [0.4, 0.5) is 0 Å². The number of hydrogen-bond donors (Lipinski definition) is 0. The van der Waals surface area contributed by atoms with E-state index in [1.807, 2.05) is 11.8 Å². The highest BCUT2D eigenvalue weighted by Gasteiger charge is 2.51. The number of pyridine rings is 1. The lowest BCUT2D eigenvalue weighted by Crippen LogP contribution is -2.32. The number of benzene rings is 5. The highest BCUT2D eigenvalue weighted by Crippen LogP contribution is 2.64. The highest BCUT2D eigenvalue weighted by atomic mass is 32.2. The summed E-state index contributed by atoms with van der Waals surface area (Å²) in [4.78, 5) is 7.94. The molecule has 0 radical (unpaired) electrons. The van der Waals surface area contributed by atoms with Crippen molar-refractivity contribution in [3.05, 3.63) is 150 Å². The maximum atomic E-state index is 5.30. The fourth-order valence-corrected chi connectivity index (χ4v) is 7.58. The van der Waals surface area contributed by atoms with Gasteiger partial charge in [-0.15, -0.1) is 0 Å².